The monoisotopic (exact) mass is 389 g/mol. The fourth-order valence-electron chi connectivity index (χ4n) is 2.84. The number of rotatable bonds is 5. The van der Waals surface area contributed by atoms with Gasteiger partial charge in [-0.2, -0.15) is 0 Å². The van der Waals surface area contributed by atoms with Crippen molar-refractivity contribution in [1.29, 1.82) is 0 Å². The summed E-state index contributed by atoms with van der Waals surface area (Å²) in [6.45, 7) is 3.67. The van der Waals surface area contributed by atoms with Crippen molar-refractivity contribution < 1.29 is 18.9 Å². The van der Waals surface area contributed by atoms with Crippen LogP contribution in [0.2, 0.25) is 0 Å². The summed E-state index contributed by atoms with van der Waals surface area (Å²) in [5.74, 6) is 0.126. The van der Waals surface area contributed by atoms with Gasteiger partial charge in [0, 0.05) is 43.2 Å². The van der Waals surface area contributed by atoms with Gasteiger partial charge in [0.2, 0.25) is 5.91 Å². The van der Waals surface area contributed by atoms with Crippen LogP contribution in [0.5, 0.6) is 0 Å². The first-order valence-corrected chi connectivity index (χ1v) is 9.36. The molecule has 3 rings (SSSR count). The Balaban J connectivity index is 1.52. The number of hydrogen-bond donors (Lipinski definition) is 0. The quantitative estimate of drug-likeness (QED) is 0.443. The van der Waals surface area contributed by atoms with E-state index in [9.17, 15) is 19.7 Å². The van der Waals surface area contributed by atoms with E-state index in [2.05, 4.69) is 0 Å². The molecule has 8 nitrogen and oxygen atoms in total. The SMILES string of the molecule is CC(Sc1ccc([N+](=O)[O-])cc1)C(=O)N1CCN(C(=O)c2ccco2)CC1. The number of furan rings is 1. The topological polar surface area (TPSA) is 96.9 Å². The van der Waals surface area contributed by atoms with Gasteiger partial charge in [-0.25, -0.2) is 0 Å². The van der Waals surface area contributed by atoms with Gasteiger partial charge >= 0.3 is 0 Å². The lowest BCUT2D eigenvalue weighted by atomic mass is 10.2. The van der Waals surface area contributed by atoms with Crippen LogP contribution >= 0.6 is 11.8 Å². The highest BCUT2D eigenvalue weighted by Gasteiger charge is 2.28. The highest BCUT2D eigenvalue weighted by atomic mass is 32.2. The molecule has 9 heteroatoms. The Kier molecular flexibility index (Phi) is 5.80. The summed E-state index contributed by atoms with van der Waals surface area (Å²) in [6.07, 6.45) is 1.46. The molecule has 0 N–H and O–H groups in total. The number of thioether (sulfide) groups is 1. The molecular formula is C18H19N3O5S. The molecule has 1 aromatic carbocycles. The number of nitro benzene ring substituents is 1. The van der Waals surface area contributed by atoms with E-state index in [1.165, 1.54) is 30.2 Å². The normalized spacial score (nSPS) is 15.4. The minimum absolute atomic E-state index is 0.0107. The number of amides is 2. The van der Waals surface area contributed by atoms with Crippen LogP contribution in [0, 0.1) is 10.1 Å². The molecule has 0 spiro atoms. The average molecular weight is 389 g/mol. The number of carbonyl (C=O) groups excluding carboxylic acids is 2. The van der Waals surface area contributed by atoms with Gasteiger partial charge in [-0.15, -0.1) is 11.8 Å². The molecule has 142 valence electrons. The van der Waals surface area contributed by atoms with Crippen molar-refractivity contribution in [3.05, 3.63) is 58.5 Å². The molecule has 0 radical (unpaired) electrons. The third kappa shape index (κ3) is 4.48. The lowest BCUT2D eigenvalue weighted by Crippen LogP contribution is -2.52. The number of benzene rings is 1. The zero-order valence-electron chi connectivity index (χ0n) is 14.7. The number of nitro groups is 1. The van der Waals surface area contributed by atoms with Crippen molar-refractivity contribution >= 4 is 29.3 Å². The summed E-state index contributed by atoms with van der Waals surface area (Å²) in [5, 5.41) is 10.4. The van der Waals surface area contributed by atoms with Crippen molar-refractivity contribution in [3.63, 3.8) is 0 Å². The first kappa shape index (κ1) is 19.0. The van der Waals surface area contributed by atoms with Crippen molar-refractivity contribution in [2.45, 2.75) is 17.1 Å². The van der Waals surface area contributed by atoms with Gasteiger partial charge in [0.1, 0.15) is 0 Å². The van der Waals surface area contributed by atoms with Crippen molar-refractivity contribution in [3.8, 4) is 0 Å². The van der Waals surface area contributed by atoms with Gasteiger partial charge in [-0.1, -0.05) is 0 Å². The maximum absolute atomic E-state index is 12.7. The molecule has 0 aliphatic carbocycles. The largest absolute Gasteiger partial charge is 0.459 e. The highest BCUT2D eigenvalue weighted by molar-refractivity contribution is 8.00. The molecule has 2 heterocycles. The Morgan fingerprint density at radius 1 is 1.11 bits per heavy atom. The standard InChI is InChI=1S/C18H19N3O5S/c1-13(27-15-6-4-14(5-7-15)21(24)25)17(22)19-8-10-20(11-9-19)18(23)16-3-2-12-26-16/h2-7,12-13H,8-11H2,1H3. The minimum atomic E-state index is -0.452. The Morgan fingerprint density at radius 2 is 1.74 bits per heavy atom. The lowest BCUT2D eigenvalue weighted by Gasteiger charge is -2.35. The van der Waals surface area contributed by atoms with Crippen LogP contribution in [0.3, 0.4) is 0 Å². The Labute approximate surface area is 160 Å². The second-order valence-corrected chi connectivity index (χ2v) is 7.52. The molecule has 1 aliphatic heterocycles. The van der Waals surface area contributed by atoms with E-state index < -0.39 is 4.92 Å². The molecule has 1 aromatic heterocycles. The van der Waals surface area contributed by atoms with Gasteiger partial charge in [-0.05, 0) is 31.2 Å². The van der Waals surface area contributed by atoms with E-state index in [1.54, 1.807) is 34.1 Å². The zero-order chi connectivity index (χ0) is 19.4. The Hall–Kier alpha value is -2.81. The van der Waals surface area contributed by atoms with Gasteiger partial charge in [0.05, 0.1) is 16.4 Å². The van der Waals surface area contributed by atoms with Gasteiger partial charge in [-0.3, -0.25) is 19.7 Å². The smallest absolute Gasteiger partial charge is 0.289 e. The van der Waals surface area contributed by atoms with Crippen LogP contribution < -0.4 is 0 Å². The van der Waals surface area contributed by atoms with Crippen molar-refractivity contribution in [2.75, 3.05) is 26.2 Å². The molecule has 1 saturated heterocycles. The summed E-state index contributed by atoms with van der Waals surface area (Å²) < 4.78 is 5.13. The number of hydrogen-bond acceptors (Lipinski definition) is 6. The fourth-order valence-corrected chi connectivity index (χ4v) is 3.80. The summed E-state index contributed by atoms with van der Waals surface area (Å²) >= 11 is 1.36. The second-order valence-electron chi connectivity index (χ2n) is 6.11. The van der Waals surface area contributed by atoms with Gasteiger partial charge < -0.3 is 14.2 Å². The predicted octanol–water partition coefficient (Wildman–Crippen LogP) is 2.65. The van der Waals surface area contributed by atoms with Crippen LogP contribution in [0.25, 0.3) is 0 Å². The summed E-state index contributed by atoms with van der Waals surface area (Å²) in [4.78, 5) is 39.4. The molecule has 1 fully saturated rings. The number of nitrogens with zero attached hydrogens (tertiary/aromatic N) is 3. The van der Waals surface area contributed by atoms with E-state index in [-0.39, 0.29) is 22.8 Å². The van der Waals surface area contributed by atoms with E-state index in [4.69, 9.17) is 4.42 Å². The van der Waals surface area contributed by atoms with E-state index >= 15 is 0 Å². The van der Waals surface area contributed by atoms with E-state index in [0.717, 1.165) is 4.90 Å². The molecule has 0 saturated carbocycles. The Bertz CT molecular complexity index is 814. The average Bonchev–Trinajstić information content (AvgIpc) is 3.22. The summed E-state index contributed by atoms with van der Waals surface area (Å²) in [7, 11) is 0. The summed E-state index contributed by atoms with van der Waals surface area (Å²) in [6, 6.07) is 9.45. The molecule has 27 heavy (non-hydrogen) atoms. The maximum atomic E-state index is 12.7. The third-order valence-corrected chi connectivity index (χ3v) is 5.42. The first-order chi connectivity index (χ1) is 13.0. The molecule has 2 amide bonds. The van der Waals surface area contributed by atoms with Gasteiger partial charge in [0.15, 0.2) is 5.76 Å². The molecule has 1 atom stereocenters. The second kappa shape index (κ2) is 8.26. The van der Waals surface area contributed by atoms with Crippen LogP contribution in [-0.2, 0) is 4.79 Å². The van der Waals surface area contributed by atoms with Crippen LogP contribution in [-0.4, -0.2) is 58.0 Å². The Morgan fingerprint density at radius 3 is 2.30 bits per heavy atom. The molecule has 1 unspecified atom stereocenters. The fraction of sp³-hybridized carbons (Fsp3) is 0.333. The van der Waals surface area contributed by atoms with Crippen molar-refractivity contribution in [1.82, 2.24) is 9.80 Å². The first-order valence-electron chi connectivity index (χ1n) is 8.48. The third-order valence-electron chi connectivity index (χ3n) is 4.32. The predicted molar refractivity (Wildman–Crippen MR) is 99.6 cm³/mol. The van der Waals surface area contributed by atoms with Crippen LogP contribution in [0.1, 0.15) is 17.5 Å². The van der Waals surface area contributed by atoms with E-state index in [1.807, 2.05) is 6.92 Å². The number of carbonyl (C=O) groups is 2. The molecule has 0 bridgehead atoms. The van der Waals surface area contributed by atoms with Crippen LogP contribution in [0.4, 0.5) is 5.69 Å². The number of piperazine rings is 1. The molecule has 1 aliphatic rings. The van der Waals surface area contributed by atoms with Crippen molar-refractivity contribution in [2.24, 2.45) is 0 Å². The van der Waals surface area contributed by atoms with Crippen LogP contribution in [0.15, 0.2) is 52.0 Å². The lowest BCUT2D eigenvalue weighted by molar-refractivity contribution is -0.384. The maximum Gasteiger partial charge on any atom is 0.289 e. The van der Waals surface area contributed by atoms with Gasteiger partial charge in [0.25, 0.3) is 11.6 Å². The highest BCUT2D eigenvalue weighted by Crippen LogP contribution is 2.26. The minimum Gasteiger partial charge on any atom is -0.459 e. The molecule has 2 aromatic rings. The number of non-ortho nitro benzene ring substituents is 1. The zero-order valence-corrected chi connectivity index (χ0v) is 15.6. The summed E-state index contributed by atoms with van der Waals surface area (Å²) in [5.41, 5.74) is 0.0238. The molecular weight excluding hydrogens is 370 g/mol. The van der Waals surface area contributed by atoms with E-state index in [0.29, 0.717) is 31.9 Å².